The van der Waals surface area contributed by atoms with Gasteiger partial charge in [-0.05, 0) is 18.2 Å². The number of esters is 1. The summed E-state index contributed by atoms with van der Waals surface area (Å²) in [6.45, 7) is -0.216. The summed E-state index contributed by atoms with van der Waals surface area (Å²) in [4.78, 5) is 11.5. The van der Waals surface area contributed by atoms with Gasteiger partial charge in [0.15, 0.2) is 0 Å². The first kappa shape index (κ1) is 18.8. The van der Waals surface area contributed by atoms with Crippen LogP contribution in [0, 0.1) is 0 Å². The number of rotatable bonds is 5. The molecule has 0 bridgehead atoms. The zero-order chi connectivity index (χ0) is 17.1. The van der Waals surface area contributed by atoms with Gasteiger partial charge in [-0.1, -0.05) is 15.9 Å². The quantitative estimate of drug-likeness (QED) is 0.559. The first-order valence-corrected chi connectivity index (χ1v) is 8.82. The SMILES string of the molecule is COC(=O)c1ccc(C(F)(F)F)c(N(CCBr)S(C)(=O)=O)c1. The van der Waals surface area contributed by atoms with E-state index in [0.717, 1.165) is 25.5 Å². The highest BCUT2D eigenvalue weighted by atomic mass is 79.9. The van der Waals surface area contributed by atoms with Crippen molar-refractivity contribution in [3.05, 3.63) is 29.3 Å². The topological polar surface area (TPSA) is 63.7 Å². The largest absolute Gasteiger partial charge is 0.465 e. The van der Waals surface area contributed by atoms with E-state index in [9.17, 15) is 26.4 Å². The molecule has 0 aliphatic carbocycles. The smallest absolute Gasteiger partial charge is 0.418 e. The maximum absolute atomic E-state index is 13.1. The van der Waals surface area contributed by atoms with Crippen molar-refractivity contribution in [3.8, 4) is 0 Å². The Hall–Kier alpha value is -1.29. The van der Waals surface area contributed by atoms with Gasteiger partial charge in [-0.15, -0.1) is 0 Å². The van der Waals surface area contributed by atoms with Crippen LogP contribution < -0.4 is 4.31 Å². The molecule has 0 spiro atoms. The van der Waals surface area contributed by atoms with Crippen LogP contribution in [-0.4, -0.2) is 39.6 Å². The van der Waals surface area contributed by atoms with Crippen molar-refractivity contribution in [2.24, 2.45) is 0 Å². The lowest BCUT2D eigenvalue weighted by atomic mass is 10.1. The Kier molecular flexibility index (Phi) is 5.85. The second-order valence-corrected chi connectivity index (χ2v) is 6.95. The monoisotopic (exact) mass is 403 g/mol. The Morgan fingerprint density at radius 2 is 1.95 bits per heavy atom. The van der Waals surface area contributed by atoms with E-state index in [1.54, 1.807) is 0 Å². The summed E-state index contributed by atoms with van der Waals surface area (Å²) in [5.41, 5.74) is -1.93. The van der Waals surface area contributed by atoms with Gasteiger partial charge < -0.3 is 4.74 Å². The number of ether oxygens (including phenoxy) is 1. The Labute approximate surface area is 134 Å². The normalized spacial score (nSPS) is 12.1. The van der Waals surface area contributed by atoms with Gasteiger partial charge in [0.05, 0.1) is 30.2 Å². The molecule has 0 aliphatic rings. The van der Waals surface area contributed by atoms with Crippen LogP contribution >= 0.6 is 15.9 Å². The van der Waals surface area contributed by atoms with Crippen molar-refractivity contribution in [1.82, 2.24) is 0 Å². The molecule has 0 saturated heterocycles. The van der Waals surface area contributed by atoms with Gasteiger partial charge in [-0.3, -0.25) is 4.31 Å². The van der Waals surface area contributed by atoms with E-state index in [1.165, 1.54) is 0 Å². The molecule has 1 rings (SSSR count). The molecule has 0 amide bonds. The van der Waals surface area contributed by atoms with Gasteiger partial charge >= 0.3 is 12.1 Å². The van der Waals surface area contributed by atoms with Gasteiger partial charge in [0.25, 0.3) is 0 Å². The lowest BCUT2D eigenvalue weighted by Crippen LogP contribution is -2.33. The van der Waals surface area contributed by atoms with Crippen LogP contribution in [0.1, 0.15) is 15.9 Å². The zero-order valence-corrected chi connectivity index (χ0v) is 14.0. The van der Waals surface area contributed by atoms with E-state index < -0.39 is 33.4 Å². The third kappa shape index (κ3) is 4.35. The predicted molar refractivity (Wildman–Crippen MR) is 78.8 cm³/mol. The highest BCUT2D eigenvalue weighted by molar-refractivity contribution is 9.09. The fourth-order valence-electron chi connectivity index (χ4n) is 1.76. The first-order chi connectivity index (χ1) is 10.0. The molecule has 5 nitrogen and oxygen atoms in total. The molecule has 0 heterocycles. The third-order valence-electron chi connectivity index (χ3n) is 2.68. The molecule has 0 radical (unpaired) electrons. The highest BCUT2D eigenvalue weighted by Gasteiger charge is 2.37. The van der Waals surface area contributed by atoms with Crippen molar-refractivity contribution >= 4 is 37.6 Å². The Bertz CT molecular complexity index is 661. The number of alkyl halides is 4. The Morgan fingerprint density at radius 1 is 1.36 bits per heavy atom. The van der Waals surface area contributed by atoms with Crippen molar-refractivity contribution in [1.29, 1.82) is 0 Å². The number of nitrogens with zero attached hydrogens (tertiary/aromatic N) is 1. The average molecular weight is 404 g/mol. The Morgan fingerprint density at radius 3 is 2.36 bits per heavy atom. The molecule has 0 unspecified atom stereocenters. The fourth-order valence-corrected chi connectivity index (χ4v) is 3.28. The summed E-state index contributed by atoms with van der Waals surface area (Å²) in [5, 5.41) is 0.125. The molecular weight excluding hydrogens is 391 g/mol. The summed E-state index contributed by atoms with van der Waals surface area (Å²) in [6, 6.07) is 2.46. The number of benzene rings is 1. The lowest BCUT2D eigenvalue weighted by Gasteiger charge is -2.25. The van der Waals surface area contributed by atoms with Crippen LogP contribution in [0.3, 0.4) is 0 Å². The molecule has 1 aromatic carbocycles. The minimum atomic E-state index is -4.76. The van der Waals surface area contributed by atoms with Crippen LogP contribution in [0.4, 0.5) is 18.9 Å². The summed E-state index contributed by atoms with van der Waals surface area (Å²) >= 11 is 3.00. The minimum absolute atomic E-state index is 0.125. The number of anilines is 1. The molecule has 0 aliphatic heterocycles. The molecule has 0 N–H and O–H groups in total. The maximum Gasteiger partial charge on any atom is 0.418 e. The molecule has 22 heavy (non-hydrogen) atoms. The standard InChI is InChI=1S/C12H13BrF3NO4S/c1-21-11(18)8-3-4-9(12(14,15)16)10(7-8)17(6-5-13)22(2,19)20/h3-4,7H,5-6H2,1-2H3. The van der Waals surface area contributed by atoms with Crippen molar-refractivity contribution < 1.29 is 31.1 Å². The number of carbonyl (C=O) groups is 1. The number of halogens is 4. The molecule has 0 saturated carbocycles. The van der Waals surface area contributed by atoms with E-state index in [-0.39, 0.29) is 17.4 Å². The van der Waals surface area contributed by atoms with Gasteiger partial charge in [0.1, 0.15) is 0 Å². The summed E-state index contributed by atoms with van der Waals surface area (Å²) in [6.07, 6.45) is -3.97. The van der Waals surface area contributed by atoms with Crippen molar-refractivity contribution in [2.45, 2.75) is 6.18 Å². The number of methoxy groups -OCH3 is 1. The van der Waals surface area contributed by atoms with Crippen LogP contribution in [0.5, 0.6) is 0 Å². The zero-order valence-electron chi connectivity index (χ0n) is 11.6. The highest BCUT2D eigenvalue weighted by Crippen LogP contribution is 2.38. The molecule has 0 atom stereocenters. The van der Waals surface area contributed by atoms with E-state index in [0.29, 0.717) is 10.4 Å². The molecule has 1 aromatic rings. The second kappa shape index (κ2) is 6.86. The number of hydrogen-bond donors (Lipinski definition) is 0. The van der Waals surface area contributed by atoms with E-state index in [4.69, 9.17) is 0 Å². The third-order valence-corrected chi connectivity index (χ3v) is 4.22. The number of sulfonamides is 1. The fraction of sp³-hybridized carbons (Fsp3) is 0.417. The van der Waals surface area contributed by atoms with Gasteiger partial charge in [0, 0.05) is 11.9 Å². The van der Waals surface area contributed by atoms with Gasteiger partial charge in [0.2, 0.25) is 10.0 Å². The van der Waals surface area contributed by atoms with Crippen LogP contribution in [0.15, 0.2) is 18.2 Å². The minimum Gasteiger partial charge on any atom is -0.465 e. The summed E-state index contributed by atoms with van der Waals surface area (Å²) in [7, 11) is -2.88. The van der Waals surface area contributed by atoms with Gasteiger partial charge in [-0.2, -0.15) is 13.2 Å². The summed E-state index contributed by atoms with van der Waals surface area (Å²) < 4.78 is 67.9. The number of hydrogen-bond acceptors (Lipinski definition) is 4. The van der Waals surface area contributed by atoms with E-state index in [1.807, 2.05) is 0 Å². The predicted octanol–water partition coefficient (Wildman–Crippen LogP) is 2.65. The van der Waals surface area contributed by atoms with Crippen LogP contribution in [0.25, 0.3) is 0 Å². The summed E-state index contributed by atoms with van der Waals surface area (Å²) in [5.74, 6) is -0.859. The van der Waals surface area contributed by atoms with E-state index >= 15 is 0 Å². The molecule has 0 fully saturated rings. The second-order valence-electron chi connectivity index (χ2n) is 4.25. The first-order valence-electron chi connectivity index (χ1n) is 5.85. The average Bonchev–Trinajstić information content (AvgIpc) is 2.41. The van der Waals surface area contributed by atoms with Crippen molar-refractivity contribution in [3.63, 3.8) is 0 Å². The molecular formula is C12H13BrF3NO4S. The van der Waals surface area contributed by atoms with Crippen LogP contribution in [-0.2, 0) is 20.9 Å². The lowest BCUT2D eigenvalue weighted by molar-refractivity contribution is -0.137. The van der Waals surface area contributed by atoms with Crippen molar-refractivity contribution in [2.75, 3.05) is 29.5 Å². The van der Waals surface area contributed by atoms with Crippen LogP contribution in [0.2, 0.25) is 0 Å². The van der Waals surface area contributed by atoms with E-state index in [2.05, 4.69) is 20.7 Å². The number of carbonyl (C=O) groups excluding carboxylic acids is 1. The van der Waals surface area contributed by atoms with Gasteiger partial charge in [-0.25, -0.2) is 13.2 Å². The molecule has 0 aromatic heterocycles. The molecule has 124 valence electrons. The Balaban J connectivity index is 3.60. The molecule has 10 heteroatoms. The maximum atomic E-state index is 13.1.